The molecule has 0 saturated carbocycles. The largest absolute Gasteiger partial charge is 0.317 e. The summed E-state index contributed by atoms with van der Waals surface area (Å²) in [5.41, 5.74) is 0. The van der Waals surface area contributed by atoms with Crippen molar-refractivity contribution in [2.75, 3.05) is 6.54 Å². The molecule has 0 spiro atoms. The minimum Gasteiger partial charge on any atom is -0.317 e. The third kappa shape index (κ3) is 1.54. The van der Waals surface area contributed by atoms with Gasteiger partial charge in [0.2, 0.25) is 0 Å². The fraction of sp³-hybridized carbons (Fsp3) is 0.800. The highest BCUT2D eigenvalue weighted by Gasteiger charge is 2.26. The molecule has 0 amide bonds. The van der Waals surface area contributed by atoms with Crippen LogP contribution in [0.2, 0.25) is 0 Å². The van der Waals surface area contributed by atoms with Crippen molar-refractivity contribution in [1.82, 2.24) is 20.1 Å². The van der Waals surface area contributed by atoms with Gasteiger partial charge in [0.15, 0.2) is 0 Å². The molecule has 1 N–H and O–H groups in total. The minimum atomic E-state index is 0.384. The maximum atomic E-state index is 4.24. The highest BCUT2D eigenvalue weighted by atomic mass is 15.3. The minimum absolute atomic E-state index is 0.384. The monoisotopic (exact) mass is 194 g/mol. The lowest BCUT2D eigenvalue weighted by molar-refractivity contribution is 0.289. The number of aromatic nitrogens is 3. The first-order valence-electron chi connectivity index (χ1n) is 5.29. The van der Waals surface area contributed by atoms with Gasteiger partial charge in [-0.15, -0.1) is 10.2 Å². The van der Waals surface area contributed by atoms with E-state index in [1.54, 1.807) is 0 Å². The number of piperidine rings is 1. The molecule has 2 rings (SSSR count). The number of nitrogens with zero attached hydrogens (tertiary/aromatic N) is 3. The van der Waals surface area contributed by atoms with Crippen molar-refractivity contribution in [3.8, 4) is 0 Å². The third-order valence-corrected chi connectivity index (χ3v) is 3.17. The standard InChI is InChI=1S/C10H18N4/c1-7-5-4-6-11-9(7)10-13-12-8(2)14(10)3/h7,9,11H,4-6H2,1-3H3. The molecule has 4 heteroatoms. The summed E-state index contributed by atoms with van der Waals surface area (Å²) in [5.74, 6) is 2.72. The van der Waals surface area contributed by atoms with Gasteiger partial charge in [-0.25, -0.2) is 0 Å². The Kier molecular flexibility index (Phi) is 2.54. The molecule has 78 valence electrons. The Balaban J connectivity index is 2.24. The number of hydrogen-bond donors (Lipinski definition) is 1. The Hall–Kier alpha value is -0.900. The second-order valence-corrected chi connectivity index (χ2v) is 4.22. The molecule has 1 aliphatic rings. The predicted octanol–water partition coefficient (Wildman–Crippen LogP) is 1.18. The molecule has 0 aromatic carbocycles. The molecule has 0 radical (unpaired) electrons. The van der Waals surface area contributed by atoms with Gasteiger partial charge in [-0.1, -0.05) is 6.92 Å². The van der Waals surface area contributed by atoms with E-state index < -0.39 is 0 Å². The van der Waals surface area contributed by atoms with E-state index in [4.69, 9.17) is 0 Å². The summed E-state index contributed by atoms with van der Waals surface area (Å²) in [7, 11) is 2.04. The van der Waals surface area contributed by atoms with Gasteiger partial charge >= 0.3 is 0 Å². The van der Waals surface area contributed by atoms with Crippen LogP contribution in [-0.4, -0.2) is 21.3 Å². The van der Waals surface area contributed by atoms with Crippen LogP contribution in [0.15, 0.2) is 0 Å². The van der Waals surface area contributed by atoms with Gasteiger partial charge in [0, 0.05) is 7.05 Å². The molecular weight excluding hydrogens is 176 g/mol. The van der Waals surface area contributed by atoms with Crippen LogP contribution in [0.25, 0.3) is 0 Å². The summed E-state index contributed by atoms with van der Waals surface area (Å²) in [5, 5.41) is 11.9. The Morgan fingerprint density at radius 3 is 2.79 bits per heavy atom. The van der Waals surface area contributed by atoms with Crippen LogP contribution >= 0.6 is 0 Å². The molecule has 2 heterocycles. The second kappa shape index (κ2) is 3.69. The van der Waals surface area contributed by atoms with Crippen LogP contribution in [0.5, 0.6) is 0 Å². The van der Waals surface area contributed by atoms with Crippen LogP contribution < -0.4 is 5.32 Å². The highest BCUT2D eigenvalue weighted by molar-refractivity contribution is 5.02. The van der Waals surface area contributed by atoms with E-state index >= 15 is 0 Å². The van der Waals surface area contributed by atoms with Gasteiger partial charge in [-0.05, 0) is 32.2 Å². The fourth-order valence-corrected chi connectivity index (χ4v) is 2.09. The van der Waals surface area contributed by atoms with Crippen LogP contribution in [0.3, 0.4) is 0 Å². The van der Waals surface area contributed by atoms with Crippen molar-refractivity contribution in [1.29, 1.82) is 0 Å². The summed E-state index contributed by atoms with van der Waals surface area (Å²) < 4.78 is 2.08. The number of hydrogen-bond acceptors (Lipinski definition) is 3. The first-order valence-corrected chi connectivity index (χ1v) is 5.29. The van der Waals surface area contributed by atoms with E-state index in [1.165, 1.54) is 12.8 Å². The zero-order valence-corrected chi connectivity index (χ0v) is 9.12. The number of nitrogens with one attached hydrogen (secondary N) is 1. The molecule has 1 aromatic heterocycles. The summed E-state index contributed by atoms with van der Waals surface area (Å²) in [4.78, 5) is 0. The Morgan fingerprint density at radius 1 is 1.43 bits per heavy atom. The van der Waals surface area contributed by atoms with Crippen molar-refractivity contribution in [2.45, 2.75) is 32.7 Å². The van der Waals surface area contributed by atoms with Gasteiger partial charge in [-0.2, -0.15) is 0 Å². The first-order chi connectivity index (χ1) is 6.70. The van der Waals surface area contributed by atoms with Crippen molar-refractivity contribution >= 4 is 0 Å². The molecule has 1 aromatic rings. The zero-order chi connectivity index (χ0) is 10.1. The van der Waals surface area contributed by atoms with Crippen molar-refractivity contribution in [2.24, 2.45) is 13.0 Å². The highest BCUT2D eigenvalue weighted by Crippen LogP contribution is 2.27. The molecule has 1 aliphatic heterocycles. The average molecular weight is 194 g/mol. The molecule has 0 aliphatic carbocycles. The van der Waals surface area contributed by atoms with Gasteiger partial charge in [-0.3, -0.25) is 0 Å². The lowest BCUT2D eigenvalue weighted by atomic mass is 9.92. The molecule has 1 fully saturated rings. The Morgan fingerprint density at radius 2 is 2.21 bits per heavy atom. The number of aryl methyl sites for hydroxylation is 1. The van der Waals surface area contributed by atoms with E-state index in [2.05, 4.69) is 27.0 Å². The fourth-order valence-electron chi connectivity index (χ4n) is 2.09. The van der Waals surface area contributed by atoms with Gasteiger partial charge in [0.25, 0.3) is 0 Å². The van der Waals surface area contributed by atoms with E-state index in [0.29, 0.717) is 12.0 Å². The van der Waals surface area contributed by atoms with Crippen molar-refractivity contribution in [3.05, 3.63) is 11.6 Å². The molecule has 14 heavy (non-hydrogen) atoms. The summed E-state index contributed by atoms with van der Waals surface area (Å²) in [6, 6.07) is 0.384. The molecule has 0 bridgehead atoms. The van der Waals surface area contributed by atoms with Crippen LogP contribution in [0.1, 0.15) is 37.5 Å². The predicted molar refractivity (Wildman–Crippen MR) is 54.9 cm³/mol. The van der Waals surface area contributed by atoms with E-state index in [1.807, 2.05) is 14.0 Å². The Bertz CT molecular complexity index is 318. The molecule has 2 unspecified atom stereocenters. The second-order valence-electron chi connectivity index (χ2n) is 4.22. The lowest BCUT2D eigenvalue weighted by Gasteiger charge is -2.29. The zero-order valence-electron chi connectivity index (χ0n) is 9.12. The lowest BCUT2D eigenvalue weighted by Crippen LogP contribution is -2.34. The van der Waals surface area contributed by atoms with E-state index in [0.717, 1.165) is 18.2 Å². The first kappa shape index (κ1) is 9.65. The van der Waals surface area contributed by atoms with E-state index in [-0.39, 0.29) is 0 Å². The quantitative estimate of drug-likeness (QED) is 0.730. The maximum Gasteiger partial charge on any atom is 0.150 e. The van der Waals surface area contributed by atoms with Crippen LogP contribution in [-0.2, 0) is 7.05 Å². The number of rotatable bonds is 1. The SMILES string of the molecule is Cc1nnc(C2NCCCC2C)n1C. The average Bonchev–Trinajstić information content (AvgIpc) is 2.49. The molecular formula is C10H18N4. The normalized spacial score (nSPS) is 27.9. The summed E-state index contributed by atoms with van der Waals surface area (Å²) in [6.45, 7) is 5.37. The smallest absolute Gasteiger partial charge is 0.150 e. The van der Waals surface area contributed by atoms with Gasteiger partial charge in [0.05, 0.1) is 6.04 Å². The van der Waals surface area contributed by atoms with Crippen LogP contribution in [0, 0.1) is 12.8 Å². The topological polar surface area (TPSA) is 42.7 Å². The molecule has 1 saturated heterocycles. The van der Waals surface area contributed by atoms with Crippen molar-refractivity contribution < 1.29 is 0 Å². The van der Waals surface area contributed by atoms with Gasteiger partial charge < -0.3 is 9.88 Å². The van der Waals surface area contributed by atoms with Crippen LogP contribution in [0.4, 0.5) is 0 Å². The maximum absolute atomic E-state index is 4.24. The third-order valence-electron chi connectivity index (χ3n) is 3.17. The molecule has 4 nitrogen and oxygen atoms in total. The van der Waals surface area contributed by atoms with Gasteiger partial charge in [0.1, 0.15) is 11.6 Å². The van der Waals surface area contributed by atoms with Crippen molar-refractivity contribution in [3.63, 3.8) is 0 Å². The summed E-state index contributed by atoms with van der Waals surface area (Å²) >= 11 is 0. The van der Waals surface area contributed by atoms with E-state index in [9.17, 15) is 0 Å². The summed E-state index contributed by atoms with van der Waals surface area (Å²) in [6.07, 6.45) is 2.55. The Labute approximate surface area is 84.7 Å². The molecule has 2 atom stereocenters.